The van der Waals surface area contributed by atoms with Crippen LogP contribution in [0.3, 0.4) is 0 Å². The van der Waals surface area contributed by atoms with Gasteiger partial charge < -0.3 is 15.2 Å². The van der Waals surface area contributed by atoms with E-state index in [1.54, 1.807) is 4.90 Å². The summed E-state index contributed by atoms with van der Waals surface area (Å²) in [4.78, 5) is 13.8. The Morgan fingerprint density at radius 3 is 2.89 bits per heavy atom. The number of carbonyl (C=O) groups excluding carboxylic acids is 1. The van der Waals surface area contributed by atoms with Crippen molar-refractivity contribution in [1.29, 1.82) is 0 Å². The molecule has 0 fully saturated rings. The molecular weight excluding hydrogens is 226 g/mol. The number of nitrogens with zero attached hydrogens (tertiary/aromatic N) is 2. The summed E-state index contributed by atoms with van der Waals surface area (Å²) in [6.45, 7) is 1.72. The monoisotopic (exact) mass is 245 g/mol. The minimum Gasteiger partial charge on any atom is -0.344 e. The lowest BCUT2D eigenvalue weighted by atomic mass is 10.2. The van der Waals surface area contributed by atoms with Gasteiger partial charge in [-0.2, -0.15) is 0 Å². The minimum absolute atomic E-state index is 0.116. The molecule has 0 atom stereocenters. The van der Waals surface area contributed by atoms with Crippen LogP contribution in [0, 0.1) is 0 Å². The molecule has 0 aliphatic heterocycles. The lowest BCUT2D eigenvalue weighted by molar-refractivity contribution is -0.130. The molecule has 18 heavy (non-hydrogen) atoms. The van der Waals surface area contributed by atoms with Gasteiger partial charge in [0.05, 0.1) is 0 Å². The second-order valence-electron chi connectivity index (χ2n) is 4.46. The third-order valence-electron chi connectivity index (χ3n) is 3.11. The fourth-order valence-electron chi connectivity index (χ4n) is 2.00. The van der Waals surface area contributed by atoms with Crippen LogP contribution in [-0.2, 0) is 11.3 Å². The number of amides is 1. The molecule has 0 aliphatic carbocycles. The van der Waals surface area contributed by atoms with E-state index in [0.717, 1.165) is 17.3 Å². The molecule has 2 aromatic rings. The van der Waals surface area contributed by atoms with Gasteiger partial charge in [0.1, 0.15) is 6.54 Å². The zero-order chi connectivity index (χ0) is 13.0. The predicted molar refractivity (Wildman–Crippen MR) is 73.2 cm³/mol. The Labute approximate surface area is 107 Å². The van der Waals surface area contributed by atoms with Gasteiger partial charge in [0.2, 0.25) is 5.91 Å². The first kappa shape index (κ1) is 12.6. The number of rotatable bonds is 5. The molecule has 0 radical (unpaired) electrons. The van der Waals surface area contributed by atoms with Gasteiger partial charge >= 0.3 is 0 Å². The van der Waals surface area contributed by atoms with E-state index in [1.165, 1.54) is 0 Å². The van der Waals surface area contributed by atoms with Crippen molar-refractivity contribution in [2.24, 2.45) is 5.73 Å². The van der Waals surface area contributed by atoms with E-state index in [4.69, 9.17) is 5.73 Å². The van der Waals surface area contributed by atoms with E-state index in [2.05, 4.69) is 6.07 Å². The summed E-state index contributed by atoms with van der Waals surface area (Å²) in [7, 11) is 1.82. The number of aromatic nitrogens is 1. The molecule has 1 amide bonds. The summed E-state index contributed by atoms with van der Waals surface area (Å²) in [6, 6.07) is 10.1. The van der Waals surface area contributed by atoms with Crippen LogP contribution in [0.1, 0.15) is 6.42 Å². The van der Waals surface area contributed by atoms with Crippen LogP contribution in [0.15, 0.2) is 36.5 Å². The zero-order valence-corrected chi connectivity index (χ0v) is 10.7. The number of benzene rings is 1. The lowest BCUT2D eigenvalue weighted by Crippen LogP contribution is -2.31. The standard InChI is InChI=1S/C14H19N3O/c1-16(9-4-8-15)14(18)11-17-10-7-12-5-2-3-6-13(12)17/h2-3,5-7,10H,4,8-9,11,15H2,1H3. The lowest BCUT2D eigenvalue weighted by Gasteiger charge is -2.17. The Morgan fingerprint density at radius 2 is 2.11 bits per heavy atom. The van der Waals surface area contributed by atoms with Crippen molar-refractivity contribution in [2.45, 2.75) is 13.0 Å². The van der Waals surface area contributed by atoms with E-state index in [9.17, 15) is 4.79 Å². The average Bonchev–Trinajstić information content (AvgIpc) is 2.79. The van der Waals surface area contributed by atoms with Crippen molar-refractivity contribution in [3.63, 3.8) is 0 Å². The Bertz CT molecular complexity index is 533. The molecule has 0 unspecified atom stereocenters. The quantitative estimate of drug-likeness (QED) is 0.866. The first-order valence-corrected chi connectivity index (χ1v) is 6.20. The third kappa shape index (κ3) is 2.71. The van der Waals surface area contributed by atoms with Gasteiger partial charge in [0.25, 0.3) is 0 Å². The smallest absolute Gasteiger partial charge is 0.242 e. The van der Waals surface area contributed by atoms with Gasteiger partial charge in [-0.25, -0.2) is 0 Å². The first-order valence-electron chi connectivity index (χ1n) is 6.20. The fourth-order valence-corrected chi connectivity index (χ4v) is 2.00. The topological polar surface area (TPSA) is 51.3 Å². The second-order valence-corrected chi connectivity index (χ2v) is 4.46. The molecule has 2 rings (SSSR count). The second kappa shape index (κ2) is 5.69. The van der Waals surface area contributed by atoms with Crippen molar-refractivity contribution >= 4 is 16.8 Å². The molecule has 2 N–H and O–H groups in total. The van der Waals surface area contributed by atoms with Crippen LogP contribution >= 0.6 is 0 Å². The SMILES string of the molecule is CN(CCCN)C(=O)Cn1ccc2ccccc21. The average molecular weight is 245 g/mol. The normalized spacial score (nSPS) is 10.8. The molecule has 4 nitrogen and oxygen atoms in total. The van der Waals surface area contributed by atoms with E-state index in [-0.39, 0.29) is 5.91 Å². The highest BCUT2D eigenvalue weighted by atomic mass is 16.2. The number of likely N-dealkylation sites (N-methyl/N-ethyl adjacent to an activating group) is 1. The van der Waals surface area contributed by atoms with Gasteiger partial charge in [-0.3, -0.25) is 4.79 Å². The maximum absolute atomic E-state index is 12.0. The molecular formula is C14H19N3O. The number of hydrogen-bond donors (Lipinski definition) is 1. The summed E-state index contributed by atoms with van der Waals surface area (Å²) in [5.74, 6) is 0.116. The molecule has 96 valence electrons. The number of hydrogen-bond acceptors (Lipinski definition) is 2. The first-order chi connectivity index (χ1) is 8.72. The Hall–Kier alpha value is -1.81. The number of nitrogens with two attached hydrogens (primary N) is 1. The van der Waals surface area contributed by atoms with Crippen LogP contribution in [0.5, 0.6) is 0 Å². The number of fused-ring (bicyclic) bond motifs is 1. The van der Waals surface area contributed by atoms with Gasteiger partial charge in [0.15, 0.2) is 0 Å². The highest BCUT2D eigenvalue weighted by Crippen LogP contribution is 2.15. The van der Waals surface area contributed by atoms with E-state index < -0.39 is 0 Å². The summed E-state index contributed by atoms with van der Waals surface area (Å²) >= 11 is 0. The molecule has 4 heteroatoms. The zero-order valence-electron chi connectivity index (χ0n) is 10.7. The van der Waals surface area contributed by atoms with Crippen molar-refractivity contribution in [1.82, 2.24) is 9.47 Å². The number of carbonyl (C=O) groups is 1. The van der Waals surface area contributed by atoms with E-state index in [1.807, 2.05) is 42.1 Å². The molecule has 0 spiro atoms. The fraction of sp³-hybridized carbons (Fsp3) is 0.357. The van der Waals surface area contributed by atoms with E-state index in [0.29, 0.717) is 19.6 Å². The van der Waals surface area contributed by atoms with Gasteiger partial charge in [-0.15, -0.1) is 0 Å². The maximum Gasteiger partial charge on any atom is 0.242 e. The maximum atomic E-state index is 12.0. The summed E-state index contributed by atoms with van der Waals surface area (Å²) in [6.07, 6.45) is 2.80. The van der Waals surface area contributed by atoms with Gasteiger partial charge in [-0.1, -0.05) is 18.2 Å². The molecule has 0 bridgehead atoms. The van der Waals surface area contributed by atoms with Crippen molar-refractivity contribution < 1.29 is 4.79 Å². The van der Waals surface area contributed by atoms with Gasteiger partial charge in [-0.05, 0) is 30.5 Å². The van der Waals surface area contributed by atoms with Crippen molar-refractivity contribution in [2.75, 3.05) is 20.1 Å². The Kier molecular flexibility index (Phi) is 3.99. The molecule has 0 aliphatic rings. The van der Waals surface area contributed by atoms with Crippen LogP contribution in [0.2, 0.25) is 0 Å². The summed E-state index contributed by atoms with van der Waals surface area (Å²) < 4.78 is 1.98. The molecule has 1 aromatic heterocycles. The largest absolute Gasteiger partial charge is 0.344 e. The molecule has 1 aromatic carbocycles. The van der Waals surface area contributed by atoms with E-state index >= 15 is 0 Å². The predicted octanol–water partition coefficient (Wildman–Crippen LogP) is 1.45. The third-order valence-corrected chi connectivity index (χ3v) is 3.11. The van der Waals surface area contributed by atoms with Crippen LogP contribution < -0.4 is 5.73 Å². The molecule has 1 heterocycles. The van der Waals surface area contributed by atoms with Crippen LogP contribution in [0.4, 0.5) is 0 Å². The number of para-hydroxylation sites is 1. The highest BCUT2D eigenvalue weighted by molar-refractivity contribution is 5.83. The molecule has 0 saturated heterocycles. The summed E-state index contributed by atoms with van der Waals surface area (Å²) in [5, 5.41) is 1.16. The van der Waals surface area contributed by atoms with Crippen LogP contribution in [0.25, 0.3) is 10.9 Å². The van der Waals surface area contributed by atoms with Gasteiger partial charge in [0, 0.05) is 25.3 Å². The Balaban J connectivity index is 2.07. The minimum atomic E-state index is 0.116. The Morgan fingerprint density at radius 1 is 1.33 bits per heavy atom. The van der Waals surface area contributed by atoms with Crippen molar-refractivity contribution in [3.05, 3.63) is 36.5 Å². The summed E-state index contributed by atoms with van der Waals surface area (Å²) in [5.41, 5.74) is 6.54. The highest BCUT2D eigenvalue weighted by Gasteiger charge is 2.10. The van der Waals surface area contributed by atoms with Crippen molar-refractivity contribution in [3.8, 4) is 0 Å². The van der Waals surface area contributed by atoms with Crippen LogP contribution in [-0.4, -0.2) is 35.5 Å². The molecule has 0 saturated carbocycles.